The minimum atomic E-state index is -0.256. The number of aliphatic hydroxyl groups excluding tert-OH is 1. The fourth-order valence-corrected chi connectivity index (χ4v) is 3.55. The van der Waals surface area contributed by atoms with Gasteiger partial charge >= 0.3 is 0 Å². The molecule has 1 aromatic heterocycles. The summed E-state index contributed by atoms with van der Waals surface area (Å²) < 4.78 is 5.39. The van der Waals surface area contributed by atoms with Gasteiger partial charge in [-0.15, -0.1) is 0 Å². The normalized spacial score (nSPS) is 20.2. The van der Waals surface area contributed by atoms with Gasteiger partial charge in [0.25, 0.3) is 0 Å². The van der Waals surface area contributed by atoms with Crippen LogP contribution >= 0.6 is 11.6 Å². The van der Waals surface area contributed by atoms with Crippen LogP contribution in [0.1, 0.15) is 38.5 Å². The maximum atomic E-state index is 9.68. The summed E-state index contributed by atoms with van der Waals surface area (Å²) in [6.45, 7) is 3.82. The van der Waals surface area contributed by atoms with E-state index < -0.39 is 0 Å². The molecular formula is C18H24ClN3O2. The number of hydrogen-bond donors (Lipinski definition) is 1. The minimum Gasteiger partial charge on any atom is -0.393 e. The van der Waals surface area contributed by atoms with Crippen LogP contribution in [-0.2, 0) is 6.42 Å². The van der Waals surface area contributed by atoms with Gasteiger partial charge < -0.3 is 9.63 Å². The smallest absolute Gasteiger partial charge is 0.228 e. The second kappa shape index (κ2) is 8.10. The Morgan fingerprint density at radius 3 is 3.08 bits per heavy atom. The lowest BCUT2D eigenvalue weighted by molar-refractivity contribution is 0.0862. The lowest BCUT2D eigenvalue weighted by Crippen LogP contribution is -2.42. The Kier molecular flexibility index (Phi) is 5.87. The van der Waals surface area contributed by atoms with Crippen LogP contribution in [0.25, 0.3) is 11.4 Å². The summed E-state index contributed by atoms with van der Waals surface area (Å²) in [7, 11) is 0. The summed E-state index contributed by atoms with van der Waals surface area (Å²) in [6, 6.07) is 7.91. The molecule has 2 aromatic rings. The Labute approximate surface area is 147 Å². The Morgan fingerprint density at radius 2 is 2.29 bits per heavy atom. The van der Waals surface area contributed by atoms with Gasteiger partial charge in [-0.2, -0.15) is 4.98 Å². The van der Waals surface area contributed by atoms with E-state index in [1.165, 1.54) is 12.8 Å². The molecule has 2 unspecified atom stereocenters. The average molecular weight is 350 g/mol. The first-order chi connectivity index (χ1) is 11.6. The summed E-state index contributed by atoms with van der Waals surface area (Å²) in [5, 5.41) is 14.4. The maximum absolute atomic E-state index is 9.68. The van der Waals surface area contributed by atoms with E-state index in [1.54, 1.807) is 0 Å². The monoisotopic (exact) mass is 349 g/mol. The molecule has 1 aliphatic heterocycles. The third-order valence-corrected chi connectivity index (χ3v) is 4.76. The predicted molar refractivity (Wildman–Crippen MR) is 94.0 cm³/mol. The molecule has 0 bridgehead atoms. The molecule has 24 heavy (non-hydrogen) atoms. The van der Waals surface area contributed by atoms with Gasteiger partial charge in [0.05, 0.1) is 6.10 Å². The van der Waals surface area contributed by atoms with Crippen molar-refractivity contribution in [2.24, 2.45) is 0 Å². The topological polar surface area (TPSA) is 62.4 Å². The molecule has 1 aromatic carbocycles. The van der Waals surface area contributed by atoms with Crippen LogP contribution in [-0.4, -0.2) is 45.4 Å². The fourth-order valence-electron chi connectivity index (χ4n) is 3.36. The van der Waals surface area contributed by atoms with Crippen LogP contribution in [0.3, 0.4) is 0 Å². The van der Waals surface area contributed by atoms with Gasteiger partial charge in [0.1, 0.15) is 0 Å². The molecule has 0 radical (unpaired) electrons. The molecule has 1 fully saturated rings. The number of rotatable bonds is 6. The number of aromatic nitrogens is 2. The number of benzene rings is 1. The van der Waals surface area contributed by atoms with Gasteiger partial charge in [-0.1, -0.05) is 35.3 Å². The second-order valence-corrected chi connectivity index (χ2v) is 6.98. The highest BCUT2D eigenvalue weighted by Crippen LogP contribution is 2.22. The molecule has 130 valence electrons. The number of aliphatic hydroxyl groups is 1. The number of piperidine rings is 1. The van der Waals surface area contributed by atoms with Gasteiger partial charge in [0.15, 0.2) is 0 Å². The van der Waals surface area contributed by atoms with E-state index in [1.807, 2.05) is 31.2 Å². The standard InChI is InChI=1S/C18H24ClN3O2/c1-13(23)11-16-7-2-3-9-22(16)10-8-17-20-18(21-24-17)14-5-4-6-15(19)12-14/h4-6,12-13,16,23H,2-3,7-11H2,1H3. The highest BCUT2D eigenvalue weighted by molar-refractivity contribution is 6.30. The molecule has 2 heterocycles. The third kappa shape index (κ3) is 4.56. The van der Waals surface area contributed by atoms with E-state index >= 15 is 0 Å². The first-order valence-electron chi connectivity index (χ1n) is 8.62. The van der Waals surface area contributed by atoms with E-state index in [0.717, 1.165) is 37.9 Å². The van der Waals surface area contributed by atoms with Crippen LogP contribution in [0.15, 0.2) is 28.8 Å². The van der Waals surface area contributed by atoms with Crippen molar-refractivity contribution in [3.8, 4) is 11.4 Å². The third-order valence-electron chi connectivity index (χ3n) is 4.53. The van der Waals surface area contributed by atoms with Crippen molar-refractivity contribution in [3.05, 3.63) is 35.2 Å². The lowest BCUT2D eigenvalue weighted by Gasteiger charge is -2.36. The first-order valence-corrected chi connectivity index (χ1v) is 9.00. The zero-order valence-electron chi connectivity index (χ0n) is 14.0. The number of hydrogen-bond acceptors (Lipinski definition) is 5. The highest BCUT2D eigenvalue weighted by atomic mass is 35.5. The SMILES string of the molecule is CC(O)CC1CCCCN1CCc1nc(-c2cccc(Cl)c2)no1. The Hall–Kier alpha value is -1.43. The predicted octanol–water partition coefficient (Wildman–Crippen LogP) is 3.56. The van der Waals surface area contributed by atoms with Crippen LogP contribution in [0, 0.1) is 0 Å². The largest absolute Gasteiger partial charge is 0.393 e. The van der Waals surface area contributed by atoms with E-state index in [4.69, 9.17) is 16.1 Å². The Balaban J connectivity index is 1.60. The number of nitrogens with zero attached hydrogens (tertiary/aromatic N) is 3. The molecule has 1 saturated heterocycles. The summed E-state index contributed by atoms with van der Waals surface area (Å²) in [5.41, 5.74) is 0.863. The van der Waals surface area contributed by atoms with E-state index in [0.29, 0.717) is 22.8 Å². The van der Waals surface area contributed by atoms with Gasteiger partial charge in [-0.3, -0.25) is 4.90 Å². The Bertz CT molecular complexity index is 659. The van der Waals surface area contributed by atoms with E-state index in [2.05, 4.69) is 15.0 Å². The highest BCUT2D eigenvalue weighted by Gasteiger charge is 2.24. The zero-order chi connectivity index (χ0) is 16.9. The fraction of sp³-hybridized carbons (Fsp3) is 0.556. The molecule has 6 heteroatoms. The van der Waals surface area contributed by atoms with Crippen molar-refractivity contribution in [3.63, 3.8) is 0 Å². The quantitative estimate of drug-likeness (QED) is 0.864. The van der Waals surface area contributed by atoms with Gasteiger partial charge in [0, 0.05) is 29.6 Å². The molecule has 2 atom stereocenters. The average Bonchev–Trinajstić information content (AvgIpc) is 3.02. The van der Waals surface area contributed by atoms with Crippen molar-refractivity contribution in [1.82, 2.24) is 15.0 Å². The zero-order valence-corrected chi connectivity index (χ0v) is 14.7. The van der Waals surface area contributed by atoms with Crippen LogP contribution < -0.4 is 0 Å². The molecule has 1 N–H and O–H groups in total. The van der Waals surface area contributed by atoms with Crippen LogP contribution in [0.4, 0.5) is 0 Å². The number of likely N-dealkylation sites (tertiary alicyclic amines) is 1. The van der Waals surface area contributed by atoms with Crippen molar-refractivity contribution in [1.29, 1.82) is 0 Å². The molecule has 0 spiro atoms. The first kappa shape index (κ1) is 17.4. The van der Waals surface area contributed by atoms with Crippen molar-refractivity contribution in [2.75, 3.05) is 13.1 Å². The summed E-state index contributed by atoms with van der Waals surface area (Å²) in [6.07, 6.45) is 4.92. The summed E-state index contributed by atoms with van der Waals surface area (Å²) in [5.74, 6) is 1.22. The summed E-state index contributed by atoms with van der Waals surface area (Å²) >= 11 is 6.01. The van der Waals surface area contributed by atoms with Gasteiger partial charge in [0.2, 0.25) is 11.7 Å². The molecule has 1 aliphatic rings. The van der Waals surface area contributed by atoms with E-state index in [9.17, 15) is 5.11 Å². The van der Waals surface area contributed by atoms with Crippen molar-refractivity contribution >= 4 is 11.6 Å². The van der Waals surface area contributed by atoms with Crippen molar-refractivity contribution < 1.29 is 9.63 Å². The van der Waals surface area contributed by atoms with Gasteiger partial charge in [-0.05, 0) is 44.9 Å². The Morgan fingerprint density at radius 1 is 1.42 bits per heavy atom. The molecule has 5 nitrogen and oxygen atoms in total. The molecular weight excluding hydrogens is 326 g/mol. The van der Waals surface area contributed by atoms with Crippen LogP contribution in [0.5, 0.6) is 0 Å². The molecule has 3 rings (SSSR count). The second-order valence-electron chi connectivity index (χ2n) is 6.54. The minimum absolute atomic E-state index is 0.256. The van der Waals surface area contributed by atoms with E-state index in [-0.39, 0.29) is 6.10 Å². The maximum Gasteiger partial charge on any atom is 0.228 e. The number of halogens is 1. The van der Waals surface area contributed by atoms with Crippen molar-refractivity contribution in [2.45, 2.75) is 51.2 Å². The van der Waals surface area contributed by atoms with Gasteiger partial charge in [-0.25, -0.2) is 0 Å². The lowest BCUT2D eigenvalue weighted by atomic mass is 9.97. The summed E-state index contributed by atoms with van der Waals surface area (Å²) in [4.78, 5) is 6.92. The van der Waals surface area contributed by atoms with Crippen LogP contribution in [0.2, 0.25) is 5.02 Å². The molecule has 0 aliphatic carbocycles. The molecule has 0 amide bonds. The molecule has 0 saturated carbocycles.